The van der Waals surface area contributed by atoms with Gasteiger partial charge in [0.25, 0.3) is 0 Å². The monoisotopic (exact) mass is 296 g/mol. The normalized spacial score (nSPS) is 37.2. The van der Waals surface area contributed by atoms with Crippen LogP contribution in [0.5, 0.6) is 0 Å². The Balaban J connectivity index is 1.77. The van der Waals surface area contributed by atoms with Crippen LogP contribution in [0.4, 0.5) is 4.79 Å². The lowest BCUT2D eigenvalue weighted by atomic mass is 9.75. The summed E-state index contributed by atoms with van der Waals surface area (Å²) in [5.74, 6) is -0.774. The highest BCUT2D eigenvalue weighted by atomic mass is 16.7. The van der Waals surface area contributed by atoms with Gasteiger partial charge in [0.1, 0.15) is 11.7 Å². The van der Waals surface area contributed by atoms with Gasteiger partial charge in [-0.3, -0.25) is 4.79 Å². The number of carbonyl (C=O) groups excluding carboxylic acids is 2. The summed E-state index contributed by atoms with van der Waals surface area (Å²) in [6, 6.07) is -0.475. The molecule has 0 aromatic rings. The Morgan fingerprint density at radius 1 is 1.43 bits per heavy atom. The van der Waals surface area contributed by atoms with Crippen molar-refractivity contribution in [3.8, 4) is 0 Å². The number of hydrogen-bond acceptors (Lipinski definition) is 6. The predicted molar refractivity (Wildman–Crippen MR) is 72.6 cm³/mol. The average Bonchev–Trinajstić information content (AvgIpc) is 2.85. The molecule has 21 heavy (non-hydrogen) atoms. The summed E-state index contributed by atoms with van der Waals surface area (Å²) in [7, 11) is 0. The van der Waals surface area contributed by atoms with Crippen LogP contribution >= 0.6 is 0 Å². The molecule has 3 rings (SSSR count). The molecular formula is C14H20N2O5. The van der Waals surface area contributed by atoms with E-state index in [1.165, 1.54) is 0 Å². The number of rotatable bonds is 1. The highest BCUT2D eigenvalue weighted by Crippen LogP contribution is 2.43. The molecule has 0 aromatic carbocycles. The van der Waals surface area contributed by atoms with Gasteiger partial charge in [-0.15, -0.1) is 0 Å². The Kier molecular flexibility index (Phi) is 3.11. The maximum absolute atomic E-state index is 12.0. The largest absolute Gasteiger partial charge is 0.461 e. The molecule has 7 nitrogen and oxygen atoms in total. The molecule has 5 atom stereocenters. The van der Waals surface area contributed by atoms with Crippen molar-refractivity contribution in [2.75, 3.05) is 0 Å². The summed E-state index contributed by atoms with van der Waals surface area (Å²) in [6.07, 6.45) is -0.544. The molecule has 0 radical (unpaired) electrons. The van der Waals surface area contributed by atoms with Crippen LogP contribution < -0.4 is 5.32 Å². The first-order valence-electron chi connectivity index (χ1n) is 7.16. The molecule has 0 spiro atoms. The highest BCUT2D eigenvalue weighted by molar-refractivity contribution is 5.89. The van der Waals surface area contributed by atoms with Gasteiger partial charge in [-0.05, 0) is 27.7 Å². The summed E-state index contributed by atoms with van der Waals surface area (Å²) in [6.45, 7) is 7.21. The molecule has 116 valence electrons. The molecule has 0 aromatic heterocycles. The summed E-state index contributed by atoms with van der Waals surface area (Å²) in [4.78, 5) is 29.4. The number of nitrogens with zero attached hydrogens (tertiary/aromatic N) is 1. The van der Waals surface area contributed by atoms with E-state index in [4.69, 9.17) is 14.3 Å². The van der Waals surface area contributed by atoms with Gasteiger partial charge in [0.05, 0.1) is 23.6 Å². The molecule has 1 saturated carbocycles. The molecule has 2 fully saturated rings. The van der Waals surface area contributed by atoms with Crippen molar-refractivity contribution in [2.24, 2.45) is 17.0 Å². The van der Waals surface area contributed by atoms with E-state index in [1.54, 1.807) is 20.8 Å². The third-order valence-corrected chi connectivity index (χ3v) is 4.08. The topological polar surface area (TPSA) is 86.2 Å². The number of carbonyl (C=O) groups is 2. The van der Waals surface area contributed by atoms with Gasteiger partial charge in [-0.25, -0.2) is 4.79 Å². The Bertz CT molecular complexity index is 510. The third-order valence-electron chi connectivity index (χ3n) is 4.08. The van der Waals surface area contributed by atoms with Crippen LogP contribution in [0, 0.1) is 11.8 Å². The van der Waals surface area contributed by atoms with Crippen LogP contribution in [0.2, 0.25) is 0 Å². The molecule has 1 amide bonds. The zero-order valence-electron chi connectivity index (χ0n) is 12.6. The standard InChI is InChI=1S/C14H20N2O5/c1-6-9-8-5-7(12(17)19-8)10(11(9)21-16-6)15-13(18)20-14(2,3)4/h7-11H,5H2,1-4H3,(H,15,18)/t7-,8+,9+,10-,11+/m1/s1. The zero-order chi connectivity index (χ0) is 15.4. The van der Waals surface area contributed by atoms with Gasteiger partial charge in [0.15, 0.2) is 6.10 Å². The number of fused-ring (bicyclic) bond motifs is 4. The lowest BCUT2D eigenvalue weighted by molar-refractivity contribution is -0.144. The van der Waals surface area contributed by atoms with Gasteiger partial charge < -0.3 is 19.6 Å². The van der Waals surface area contributed by atoms with Gasteiger partial charge in [0.2, 0.25) is 0 Å². The molecule has 0 unspecified atom stereocenters. The van der Waals surface area contributed by atoms with Crippen molar-refractivity contribution >= 4 is 17.8 Å². The zero-order valence-corrected chi connectivity index (χ0v) is 12.6. The van der Waals surface area contributed by atoms with Crippen molar-refractivity contribution < 1.29 is 23.9 Å². The second-order valence-electron chi connectivity index (χ2n) is 6.82. The number of amides is 1. The van der Waals surface area contributed by atoms with E-state index >= 15 is 0 Å². The minimum absolute atomic E-state index is 0.0902. The van der Waals surface area contributed by atoms with E-state index < -0.39 is 23.7 Å². The van der Waals surface area contributed by atoms with E-state index in [1.807, 2.05) is 6.92 Å². The molecule has 2 aliphatic heterocycles. The highest BCUT2D eigenvalue weighted by Gasteiger charge is 2.59. The van der Waals surface area contributed by atoms with E-state index in [0.29, 0.717) is 6.42 Å². The van der Waals surface area contributed by atoms with Crippen LogP contribution in [-0.2, 0) is 19.1 Å². The summed E-state index contributed by atoms with van der Waals surface area (Å²) < 4.78 is 10.7. The number of oxime groups is 1. The Morgan fingerprint density at radius 3 is 2.81 bits per heavy atom. The first-order valence-corrected chi connectivity index (χ1v) is 7.16. The number of hydrogen-bond donors (Lipinski definition) is 1. The Morgan fingerprint density at radius 2 is 2.14 bits per heavy atom. The second kappa shape index (κ2) is 4.61. The molecule has 2 heterocycles. The van der Waals surface area contributed by atoms with Gasteiger partial charge >= 0.3 is 12.1 Å². The molecule has 3 aliphatic rings. The van der Waals surface area contributed by atoms with Gasteiger partial charge in [0, 0.05) is 6.42 Å². The van der Waals surface area contributed by atoms with E-state index in [2.05, 4.69) is 10.5 Å². The predicted octanol–water partition coefficient (Wildman–Crippen LogP) is 1.22. The lowest BCUT2D eigenvalue weighted by Crippen LogP contribution is -2.56. The minimum Gasteiger partial charge on any atom is -0.461 e. The average molecular weight is 296 g/mol. The smallest absolute Gasteiger partial charge is 0.408 e. The maximum Gasteiger partial charge on any atom is 0.408 e. The fraction of sp³-hybridized carbons (Fsp3) is 0.786. The number of ether oxygens (including phenoxy) is 2. The Hall–Kier alpha value is -1.79. The number of nitrogens with one attached hydrogen (secondary N) is 1. The molecule has 1 N–H and O–H groups in total. The Labute approximate surface area is 123 Å². The van der Waals surface area contributed by atoms with Crippen LogP contribution in [-0.4, -0.2) is 41.6 Å². The van der Waals surface area contributed by atoms with Crippen LogP contribution in [0.15, 0.2) is 5.16 Å². The van der Waals surface area contributed by atoms with Crippen molar-refractivity contribution in [3.05, 3.63) is 0 Å². The van der Waals surface area contributed by atoms with Crippen LogP contribution in [0.25, 0.3) is 0 Å². The van der Waals surface area contributed by atoms with Crippen molar-refractivity contribution in [2.45, 2.75) is 58.0 Å². The molecule has 1 saturated heterocycles. The van der Waals surface area contributed by atoms with E-state index in [-0.39, 0.29) is 24.1 Å². The first-order chi connectivity index (χ1) is 9.76. The fourth-order valence-electron chi connectivity index (χ4n) is 3.28. The quantitative estimate of drug-likeness (QED) is 0.735. The lowest BCUT2D eigenvalue weighted by Gasteiger charge is -2.34. The van der Waals surface area contributed by atoms with Crippen molar-refractivity contribution in [1.82, 2.24) is 5.32 Å². The van der Waals surface area contributed by atoms with E-state index in [9.17, 15) is 9.59 Å². The van der Waals surface area contributed by atoms with Gasteiger partial charge in [-0.2, -0.15) is 0 Å². The van der Waals surface area contributed by atoms with Gasteiger partial charge in [-0.1, -0.05) is 5.16 Å². The summed E-state index contributed by atoms with van der Waals surface area (Å²) >= 11 is 0. The van der Waals surface area contributed by atoms with Crippen LogP contribution in [0.3, 0.4) is 0 Å². The van der Waals surface area contributed by atoms with E-state index in [0.717, 1.165) is 5.71 Å². The minimum atomic E-state index is -0.597. The SMILES string of the molecule is CC1=NO[C@@H]2[C@H](NC(=O)OC(C)(C)C)[C@H]3C[C@H](OC3=O)[C@H]12. The van der Waals surface area contributed by atoms with Crippen molar-refractivity contribution in [1.29, 1.82) is 0 Å². The maximum atomic E-state index is 12.0. The third kappa shape index (κ3) is 2.45. The van der Waals surface area contributed by atoms with Crippen molar-refractivity contribution in [3.63, 3.8) is 0 Å². The molecule has 1 aliphatic carbocycles. The first kappa shape index (κ1) is 14.2. The fourth-order valence-corrected chi connectivity index (χ4v) is 3.28. The summed E-state index contributed by atoms with van der Waals surface area (Å²) in [5.41, 5.74) is 0.203. The second-order valence-corrected chi connectivity index (χ2v) is 6.82. The van der Waals surface area contributed by atoms with Crippen LogP contribution in [0.1, 0.15) is 34.1 Å². The molecular weight excluding hydrogens is 276 g/mol. The number of esters is 1. The summed E-state index contributed by atoms with van der Waals surface area (Å²) in [5, 5.41) is 6.75. The molecule has 2 bridgehead atoms. The number of alkyl carbamates (subject to hydrolysis) is 1. The molecule has 7 heteroatoms.